The maximum atomic E-state index is 11.8. The van der Waals surface area contributed by atoms with Gasteiger partial charge >= 0.3 is 0 Å². The predicted octanol–water partition coefficient (Wildman–Crippen LogP) is 2.92. The van der Waals surface area contributed by atoms with Crippen molar-refractivity contribution in [2.24, 2.45) is 11.8 Å². The summed E-state index contributed by atoms with van der Waals surface area (Å²) in [4.78, 5) is 11.8. The van der Waals surface area contributed by atoms with E-state index in [2.05, 4.69) is 12.2 Å². The summed E-state index contributed by atoms with van der Waals surface area (Å²) >= 11 is 0. The zero-order chi connectivity index (χ0) is 13.1. The summed E-state index contributed by atoms with van der Waals surface area (Å²) < 4.78 is 5.40. The standard InChI is InChI=1S/C15H21NO2/c1-4-18-13-7-5-12(6-8-13)11(3)16-15(17)14-9-10(14)2/h5-8,10-11,14H,4,9H2,1-3H3,(H,16,17)/t10-,11+,14+/m0/s1. The second-order valence-corrected chi connectivity index (χ2v) is 5.05. The summed E-state index contributed by atoms with van der Waals surface area (Å²) in [6.07, 6.45) is 1.03. The van der Waals surface area contributed by atoms with Gasteiger partial charge in [-0.05, 0) is 43.9 Å². The molecule has 1 N–H and O–H groups in total. The van der Waals surface area contributed by atoms with Crippen LogP contribution in [-0.4, -0.2) is 12.5 Å². The molecule has 1 fully saturated rings. The Balaban J connectivity index is 1.91. The summed E-state index contributed by atoms with van der Waals surface area (Å²) in [7, 11) is 0. The maximum Gasteiger partial charge on any atom is 0.223 e. The van der Waals surface area contributed by atoms with Crippen molar-refractivity contribution in [2.75, 3.05) is 6.61 Å². The number of ether oxygens (including phenoxy) is 1. The van der Waals surface area contributed by atoms with Gasteiger partial charge in [-0.2, -0.15) is 0 Å². The molecular weight excluding hydrogens is 226 g/mol. The minimum Gasteiger partial charge on any atom is -0.494 e. The molecule has 1 aliphatic rings. The molecule has 0 aliphatic heterocycles. The van der Waals surface area contributed by atoms with Gasteiger partial charge in [0.05, 0.1) is 12.6 Å². The van der Waals surface area contributed by atoms with Crippen LogP contribution < -0.4 is 10.1 Å². The molecule has 98 valence electrons. The molecule has 2 rings (SSSR count). The van der Waals surface area contributed by atoms with Crippen molar-refractivity contribution in [3.8, 4) is 5.75 Å². The summed E-state index contributed by atoms with van der Waals surface area (Å²) in [6, 6.07) is 7.96. The van der Waals surface area contributed by atoms with E-state index in [0.717, 1.165) is 17.7 Å². The van der Waals surface area contributed by atoms with Gasteiger partial charge in [-0.1, -0.05) is 19.1 Å². The van der Waals surface area contributed by atoms with E-state index in [1.54, 1.807) is 0 Å². The summed E-state index contributed by atoms with van der Waals surface area (Å²) in [5, 5.41) is 3.06. The van der Waals surface area contributed by atoms with E-state index in [1.807, 2.05) is 38.1 Å². The Hall–Kier alpha value is -1.51. The van der Waals surface area contributed by atoms with Gasteiger partial charge in [0.25, 0.3) is 0 Å². The fourth-order valence-corrected chi connectivity index (χ4v) is 2.11. The van der Waals surface area contributed by atoms with Gasteiger partial charge < -0.3 is 10.1 Å². The zero-order valence-electron chi connectivity index (χ0n) is 11.3. The molecule has 0 bridgehead atoms. The molecule has 3 atom stereocenters. The molecule has 0 radical (unpaired) electrons. The lowest BCUT2D eigenvalue weighted by atomic mass is 10.1. The highest BCUT2D eigenvalue weighted by Crippen LogP contribution is 2.38. The molecule has 1 saturated carbocycles. The lowest BCUT2D eigenvalue weighted by Crippen LogP contribution is -2.28. The van der Waals surface area contributed by atoms with E-state index in [0.29, 0.717) is 12.5 Å². The van der Waals surface area contributed by atoms with Gasteiger partial charge in [0.1, 0.15) is 5.75 Å². The van der Waals surface area contributed by atoms with Crippen molar-refractivity contribution in [1.82, 2.24) is 5.32 Å². The van der Waals surface area contributed by atoms with Crippen LogP contribution in [0.15, 0.2) is 24.3 Å². The molecule has 18 heavy (non-hydrogen) atoms. The van der Waals surface area contributed by atoms with Crippen molar-refractivity contribution < 1.29 is 9.53 Å². The third-order valence-corrected chi connectivity index (χ3v) is 3.50. The predicted molar refractivity (Wildman–Crippen MR) is 71.4 cm³/mol. The van der Waals surface area contributed by atoms with Gasteiger partial charge in [0.2, 0.25) is 5.91 Å². The third-order valence-electron chi connectivity index (χ3n) is 3.50. The number of rotatable bonds is 5. The van der Waals surface area contributed by atoms with Crippen LogP contribution in [0.2, 0.25) is 0 Å². The average Bonchev–Trinajstić information content (AvgIpc) is 3.08. The fourth-order valence-electron chi connectivity index (χ4n) is 2.11. The minimum absolute atomic E-state index is 0.0565. The molecular formula is C15H21NO2. The van der Waals surface area contributed by atoms with Crippen molar-refractivity contribution >= 4 is 5.91 Å². The van der Waals surface area contributed by atoms with Crippen LogP contribution in [0.3, 0.4) is 0 Å². The molecule has 3 heteroatoms. The minimum atomic E-state index is 0.0565. The molecule has 0 saturated heterocycles. The number of carbonyl (C=O) groups excluding carboxylic acids is 1. The van der Waals surface area contributed by atoms with Crippen LogP contribution in [0, 0.1) is 11.8 Å². The molecule has 0 heterocycles. The Morgan fingerprint density at radius 2 is 2.06 bits per heavy atom. The number of carbonyl (C=O) groups is 1. The molecule has 1 aromatic rings. The zero-order valence-corrected chi connectivity index (χ0v) is 11.3. The van der Waals surface area contributed by atoms with Crippen molar-refractivity contribution in [3.63, 3.8) is 0 Å². The third kappa shape index (κ3) is 3.03. The lowest BCUT2D eigenvalue weighted by molar-refractivity contribution is -0.123. The van der Waals surface area contributed by atoms with Gasteiger partial charge in [-0.15, -0.1) is 0 Å². The number of benzene rings is 1. The monoisotopic (exact) mass is 247 g/mol. The largest absolute Gasteiger partial charge is 0.494 e. The topological polar surface area (TPSA) is 38.3 Å². The van der Waals surface area contributed by atoms with Gasteiger partial charge in [-0.25, -0.2) is 0 Å². The molecule has 1 aliphatic carbocycles. The van der Waals surface area contributed by atoms with Gasteiger partial charge in [0.15, 0.2) is 0 Å². The maximum absolute atomic E-state index is 11.8. The Labute approximate surface area is 109 Å². The highest BCUT2D eigenvalue weighted by atomic mass is 16.5. The van der Waals surface area contributed by atoms with Gasteiger partial charge in [-0.3, -0.25) is 4.79 Å². The number of hydrogen-bond acceptors (Lipinski definition) is 2. The highest BCUT2D eigenvalue weighted by molar-refractivity contribution is 5.81. The normalized spacial score (nSPS) is 23.3. The molecule has 0 unspecified atom stereocenters. The second kappa shape index (κ2) is 5.42. The quantitative estimate of drug-likeness (QED) is 0.868. The molecule has 3 nitrogen and oxygen atoms in total. The molecule has 1 amide bonds. The van der Waals surface area contributed by atoms with E-state index in [4.69, 9.17) is 4.74 Å². The van der Waals surface area contributed by atoms with Crippen LogP contribution in [0.1, 0.15) is 38.8 Å². The smallest absolute Gasteiger partial charge is 0.223 e. The van der Waals surface area contributed by atoms with Crippen LogP contribution in [-0.2, 0) is 4.79 Å². The summed E-state index contributed by atoms with van der Waals surface area (Å²) in [5.74, 6) is 1.84. The first kappa shape index (κ1) is 12.9. The van der Waals surface area contributed by atoms with E-state index in [-0.39, 0.29) is 17.9 Å². The summed E-state index contributed by atoms with van der Waals surface area (Å²) in [6.45, 7) is 6.77. The lowest BCUT2D eigenvalue weighted by Gasteiger charge is -2.15. The Morgan fingerprint density at radius 1 is 1.44 bits per heavy atom. The average molecular weight is 247 g/mol. The van der Waals surface area contributed by atoms with Crippen molar-refractivity contribution in [2.45, 2.75) is 33.2 Å². The first-order valence-electron chi connectivity index (χ1n) is 6.65. The van der Waals surface area contributed by atoms with Crippen LogP contribution in [0.4, 0.5) is 0 Å². The second-order valence-electron chi connectivity index (χ2n) is 5.05. The van der Waals surface area contributed by atoms with Crippen molar-refractivity contribution in [3.05, 3.63) is 29.8 Å². The van der Waals surface area contributed by atoms with Crippen LogP contribution >= 0.6 is 0 Å². The van der Waals surface area contributed by atoms with E-state index in [1.165, 1.54) is 0 Å². The number of hydrogen-bond donors (Lipinski definition) is 1. The Kier molecular flexibility index (Phi) is 3.90. The number of nitrogens with one attached hydrogen (secondary N) is 1. The summed E-state index contributed by atoms with van der Waals surface area (Å²) in [5.41, 5.74) is 1.11. The molecule has 0 spiro atoms. The van der Waals surface area contributed by atoms with Crippen LogP contribution in [0.25, 0.3) is 0 Å². The Bertz CT molecular complexity index is 413. The van der Waals surface area contributed by atoms with E-state index in [9.17, 15) is 4.79 Å². The first-order chi connectivity index (χ1) is 8.61. The fraction of sp³-hybridized carbons (Fsp3) is 0.533. The first-order valence-corrected chi connectivity index (χ1v) is 6.65. The SMILES string of the molecule is CCOc1ccc([C@@H](C)NC(=O)[C@@H]2C[C@@H]2C)cc1. The van der Waals surface area contributed by atoms with E-state index >= 15 is 0 Å². The van der Waals surface area contributed by atoms with Crippen LogP contribution in [0.5, 0.6) is 5.75 Å². The highest BCUT2D eigenvalue weighted by Gasteiger charge is 2.39. The van der Waals surface area contributed by atoms with Gasteiger partial charge in [0, 0.05) is 5.92 Å². The molecule has 1 aromatic carbocycles. The van der Waals surface area contributed by atoms with E-state index < -0.39 is 0 Å². The Morgan fingerprint density at radius 3 is 2.56 bits per heavy atom. The van der Waals surface area contributed by atoms with Crippen molar-refractivity contribution in [1.29, 1.82) is 0 Å². The molecule has 0 aromatic heterocycles. The number of amides is 1.